The van der Waals surface area contributed by atoms with Gasteiger partial charge in [0.25, 0.3) is 0 Å². The van der Waals surface area contributed by atoms with Crippen LogP contribution in [0.25, 0.3) is 0 Å². The van der Waals surface area contributed by atoms with Crippen molar-refractivity contribution in [2.75, 3.05) is 12.0 Å². The minimum atomic E-state index is 0.403. The first-order valence-corrected chi connectivity index (χ1v) is 8.41. The Kier molecular flexibility index (Phi) is 27.1. The molecule has 0 saturated heterocycles. The highest BCUT2D eigenvalue weighted by molar-refractivity contribution is 7.98. The number of para-hydroxylation sites is 1. The van der Waals surface area contributed by atoms with Gasteiger partial charge in [-0.2, -0.15) is 11.8 Å². The maximum absolute atomic E-state index is 9.11. The van der Waals surface area contributed by atoms with Crippen molar-refractivity contribution in [2.24, 2.45) is 0 Å². The molecule has 1 N–H and O–H groups in total. The second-order valence-electron chi connectivity index (χ2n) is 2.98. The van der Waals surface area contributed by atoms with Crippen LogP contribution < -0.4 is 0 Å². The molecule has 18 heavy (non-hydrogen) atoms. The molecule has 1 rings (SSSR count). The number of aryl methyl sites for hydroxylation is 1. The van der Waals surface area contributed by atoms with Crippen LogP contribution in [0.3, 0.4) is 0 Å². The first kappa shape index (κ1) is 22.5. The molecule has 0 aliphatic heterocycles. The Morgan fingerprint density at radius 1 is 1.00 bits per heavy atom. The molecule has 0 amide bonds. The average molecular weight is 272 g/mol. The molecule has 0 aromatic heterocycles. The number of thioether (sulfide) groups is 1. The van der Waals surface area contributed by atoms with E-state index in [0.29, 0.717) is 5.75 Å². The molecule has 1 aromatic rings. The van der Waals surface area contributed by atoms with E-state index in [4.69, 9.17) is 5.11 Å². The Balaban J connectivity index is -0.000000215. The SMILES string of the molecule is CC.CC.CCCSC.CCc1ccccc1O. The minimum absolute atomic E-state index is 0.403. The molecule has 0 unspecified atom stereocenters. The Bertz CT molecular complexity index is 234. The zero-order chi connectivity index (χ0) is 14.8. The Labute approximate surface area is 119 Å². The summed E-state index contributed by atoms with van der Waals surface area (Å²) >= 11 is 1.90. The van der Waals surface area contributed by atoms with Crippen LogP contribution in [0.5, 0.6) is 5.75 Å². The van der Waals surface area contributed by atoms with Crippen molar-refractivity contribution in [2.45, 2.75) is 54.4 Å². The largest absolute Gasteiger partial charge is 0.508 e. The van der Waals surface area contributed by atoms with E-state index in [1.54, 1.807) is 6.07 Å². The van der Waals surface area contributed by atoms with E-state index in [1.165, 1.54) is 12.2 Å². The maximum atomic E-state index is 9.11. The zero-order valence-electron chi connectivity index (χ0n) is 13.3. The molecule has 0 aliphatic rings. The Morgan fingerprint density at radius 3 is 1.72 bits per heavy atom. The number of hydrogen-bond acceptors (Lipinski definition) is 2. The van der Waals surface area contributed by atoms with Gasteiger partial charge in [-0.1, -0.05) is 59.7 Å². The molecule has 0 aliphatic carbocycles. The highest BCUT2D eigenvalue weighted by atomic mass is 32.2. The molecule has 1 aromatic carbocycles. The van der Waals surface area contributed by atoms with Crippen molar-refractivity contribution in [1.82, 2.24) is 0 Å². The smallest absolute Gasteiger partial charge is 0.118 e. The van der Waals surface area contributed by atoms with Crippen LogP contribution in [0.15, 0.2) is 24.3 Å². The van der Waals surface area contributed by atoms with Crippen molar-refractivity contribution in [1.29, 1.82) is 0 Å². The lowest BCUT2D eigenvalue weighted by molar-refractivity contribution is 0.469. The van der Waals surface area contributed by atoms with Gasteiger partial charge in [-0.3, -0.25) is 0 Å². The van der Waals surface area contributed by atoms with Crippen molar-refractivity contribution in [3.63, 3.8) is 0 Å². The third-order valence-corrected chi connectivity index (χ3v) is 2.60. The Morgan fingerprint density at radius 2 is 1.50 bits per heavy atom. The summed E-state index contributed by atoms with van der Waals surface area (Å²) in [6.07, 6.45) is 4.33. The van der Waals surface area contributed by atoms with Gasteiger partial charge in [0.05, 0.1) is 0 Å². The lowest BCUT2D eigenvalue weighted by Gasteiger charge is -1.97. The predicted molar refractivity (Wildman–Crippen MR) is 88.9 cm³/mol. The van der Waals surface area contributed by atoms with Gasteiger partial charge < -0.3 is 5.11 Å². The van der Waals surface area contributed by atoms with Gasteiger partial charge in [0, 0.05) is 0 Å². The predicted octanol–water partition coefficient (Wildman–Crippen LogP) is 5.77. The summed E-state index contributed by atoms with van der Waals surface area (Å²) < 4.78 is 0. The van der Waals surface area contributed by atoms with Gasteiger partial charge in [0.15, 0.2) is 0 Å². The van der Waals surface area contributed by atoms with Crippen LogP contribution >= 0.6 is 11.8 Å². The van der Waals surface area contributed by atoms with E-state index in [1.807, 2.05) is 64.6 Å². The fraction of sp³-hybridized carbons (Fsp3) is 0.625. The first-order valence-electron chi connectivity index (χ1n) is 7.02. The molecule has 0 spiro atoms. The summed E-state index contributed by atoms with van der Waals surface area (Å²) in [4.78, 5) is 0. The quantitative estimate of drug-likeness (QED) is 0.754. The van der Waals surface area contributed by atoms with E-state index in [9.17, 15) is 0 Å². The summed E-state index contributed by atoms with van der Waals surface area (Å²) in [7, 11) is 0. The van der Waals surface area contributed by atoms with Crippen LogP contribution in [-0.2, 0) is 6.42 Å². The molecule has 108 valence electrons. The van der Waals surface area contributed by atoms with Gasteiger partial charge in [-0.25, -0.2) is 0 Å². The summed E-state index contributed by atoms with van der Waals surface area (Å²) in [5, 5.41) is 9.11. The maximum Gasteiger partial charge on any atom is 0.118 e. The monoisotopic (exact) mass is 272 g/mol. The summed E-state index contributed by atoms with van der Waals surface area (Å²) in [6.45, 7) is 12.2. The molecule has 0 fully saturated rings. The molecule has 0 bridgehead atoms. The van der Waals surface area contributed by atoms with Crippen LogP contribution in [0.4, 0.5) is 0 Å². The summed E-state index contributed by atoms with van der Waals surface area (Å²) in [5.41, 5.74) is 1.01. The van der Waals surface area contributed by atoms with Crippen molar-refractivity contribution < 1.29 is 5.11 Å². The molecular formula is C16H32OS. The van der Waals surface area contributed by atoms with Crippen molar-refractivity contribution >= 4 is 11.8 Å². The topological polar surface area (TPSA) is 20.2 Å². The number of phenolic OH excluding ortho intramolecular Hbond substituents is 1. The van der Waals surface area contributed by atoms with Crippen molar-refractivity contribution in [3.05, 3.63) is 29.8 Å². The van der Waals surface area contributed by atoms with Gasteiger partial charge in [-0.15, -0.1) is 0 Å². The number of aromatic hydroxyl groups is 1. The van der Waals surface area contributed by atoms with E-state index in [2.05, 4.69) is 13.2 Å². The normalized spacial score (nSPS) is 7.72. The average Bonchev–Trinajstić information content (AvgIpc) is 2.45. The molecule has 1 nitrogen and oxygen atoms in total. The number of benzene rings is 1. The fourth-order valence-electron chi connectivity index (χ4n) is 1.01. The second-order valence-corrected chi connectivity index (χ2v) is 3.96. The standard InChI is InChI=1S/C8H10O.C4H10S.2C2H6/c1-2-7-5-3-4-6-8(7)9;1-3-4-5-2;2*1-2/h3-6,9H,2H2,1H3;3-4H2,1-2H3;2*1-2H3. The third-order valence-electron chi connectivity index (χ3n) is 1.78. The van der Waals surface area contributed by atoms with Gasteiger partial charge >= 0.3 is 0 Å². The number of phenols is 1. The first-order chi connectivity index (χ1) is 8.76. The number of hydrogen-bond donors (Lipinski definition) is 1. The van der Waals surface area contributed by atoms with Gasteiger partial charge in [-0.05, 0) is 36.5 Å². The molecule has 0 radical (unpaired) electrons. The lowest BCUT2D eigenvalue weighted by atomic mass is 10.1. The van der Waals surface area contributed by atoms with Gasteiger partial charge in [0.2, 0.25) is 0 Å². The molecule has 2 heteroatoms. The fourth-order valence-corrected chi connectivity index (χ4v) is 1.42. The molecule has 0 atom stereocenters. The van der Waals surface area contributed by atoms with Crippen LogP contribution in [0.2, 0.25) is 0 Å². The number of rotatable bonds is 3. The minimum Gasteiger partial charge on any atom is -0.508 e. The van der Waals surface area contributed by atoms with Crippen LogP contribution in [0.1, 0.15) is 53.5 Å². The van der Waals surface area contributed by atoms with Crippen molar-refractivity contribution in [3.8, 4) is 5.75 Å². The lowest BCUT2D eigenvalue weighted by Crippen LogP contribution is -1.77. The van der Waals surface area contributed by atoms with E-state index < -0.39 is 0 Å². The highest BCUT2D eigenvalue weighted by Gasteiger charge is 1.92. The molecule has 0 saturated carbocycles. The van der Waals surface area contributed by atoms with E-state index >= 15 is 0 Å². The molecule has 0 heterocycles. The second kappa shape index (κ2) is 21.6. The Hall–Kier alpha value is -0.630. The zero-order valence-corrected chi connectivity index (χ0v) is 14.1. The van der Waals surface area contributed by atoms with Gasteiger partial charge in [0.1, 0.15) is 5.75 Å². The summed E-state index contributed by atoms with van der Waals surface area (Å²) in [6, 6.07) is 7.39. The molecular weight excluding hydrogens is 240 g/mol. The van der Waals surface area contributed by atoms with Crippen LogP contribution in [-0.4, -0.2) is 17.1 Å². The summed E-state index contributed by atoms with van der Waals surface area (Å²) in [5.74, 6) is 1.71. The van der Waals surface area contributed by atoms with E-state index in [-0.39, 0.29) is 0 Å². The third kappa shape index (κ3) is 15.4. The highest BCUT2D eigenvalue weighted by Crippen LogP contribution is 2.14. The van der Waals surface area contributed by atoms with E-state index in [0.717, 1.165) is 12.0 Å². The van der Waals surface area contributed by atoms with Crippen LogP contribution in [0, 0.1) is 0 Å².